The number of hydrogen-bond acceptors (Lipinski definition) is 5. The third kappa shape index (κ3) is 5.92. The fourth-order valence-corrected chi connectivity index (χ4v) is 3.72. The molecule has 1 amide bonds. The van der Waals surface area contributed by atoms with Crippen molar-refractivity contribution >= 4 is 28.4 Å². The van der Waals surface area contributed by atoms with Gasteiger partial charge in [0.2, 0.25) is 5.91 Å². The number of anilines is 1. The molecule has 0 atom stereocenters. The van der Waals surface area contributed by atoms with Gasteiger partial charge in [-0.25, -0.2) is 0 Å². The summed E-state index contributed by atoms with van der Waals surface area (Å²) in [5, 5.41) is 4.83. The molecule has 6 nitrogen and oxygen atoms in total. The molecule has 0 spiro atoms. The first-order valence-corrected chi connectivity index (χ1v) is 10.9. The van der Waals surface area contributed by atoms with Crippen molar-refractivity contribution in [3.63, 3.8) is 0 Å². The number of rotatable bonds is 10. The molecule has 3 aromatic rings. The third-order valence-corrected chi connectivity index (χ3v) is 5.29. The Labute approximate surface area is 189 Å². The van der Waals surface area contributed by atoms with Crippen LogP contribution in [0.1, 0.15) is 33.5 Å². The molecule has 0 fully saturated rings. The third-order valence-electron chi connectivity index (χ3n) is 5.29. The quantitative estimate of drug-likeness (QED) is 0.420. The average molecular weight is 437 g/mol. The van der Waals surface area contributed by atoms with Crippen molar-refractivity contribution in [2.45, 2.75) is 39.8 Å². The van der Waals surface area contributed by atoms with E-state index in [1.165, 1.54) is 6.08 Å². The Morgan fingerprint density at radius 3 is 2.56 bits per heavy atom. The highest BCUT2D eigenvalue weighted by atomic mass is 16.5. The van der Waals surface area contributed by atoms with Crippen LogP contribution in [0.15, 0.2) is 59.2 Å². The number of nitrogens with one attached hydrogen (secondary N) is 1. The van der Waals surface area contributed by atoms with Crippen molar-refractivity contribution in [3.05, 3.63) is 60.6 Å². The van der Waals surface area contributed by atoms with Crippen molar-refractivity contribution in [3.8, 4) is 11.5 Å². The summed E-state index contributed by atoms with van der Waals surface area (Å²) in [4.78, 5) is 14.8. The van der Waals surface area contributed by atoms with E-state index in [0.29, 0.717) is 41.6 Å². The van der Waals surface area contributed by atoms with Crippen LogP contribution in [0.5, 0.6) is 11.5 Å². The summed E-state index contributed by atoms with van der Waals surface area (Å²) < 4.78 is 17.0. The Hall–Kier alpha value is -3.25. The Balaban J connectivity index is 1.64. The van der Waals surface area contributed by atoms with Gasteiger partial charge in [-0.2, -0.15) is 0 Å². The number of fused-ring (bicyclic) bond motifs is 1. The highest BCUT2D eigenvalue weighted by Gasteiger charge is 2.14. The molecule has 0 unspecified atom stereocenters. The lowest BCUT2D eigenvalue weighted by molar-refractivity contribution is -0.111. The molecule has 2 aromatic carbocycles. The van der Waals surface area contributed by atoms with E-state index in [9.17, 15) is 4.79 Å². The zero-order valence-corrected chi connectivity index (χ0v) is 19.4. The van der Waals surface area contributed by atoms with Gasteiger partial charge in [-0.05, 0) is 45.9 Å². The topological polar surface area (TPSA) is 63.9 Å². The van der Waals surface area contributed by atoms with Gasteiger partial charge in [0.15, 0.2) is 11.5 Å². The lowest BCUT2D eigenvalue weighted by Crippen LogP contribution is -2.39. The number of furan rings is 1. The van der Waals surface area contributed by atoms with Crippen LogP contribution in [0.3, 0.4) is 0 Å². The van der Waals surface area contributed by atoms with Crippen LogP contribution in [-0.2, 0) is 4.79 Å². The molecule has 1 N–H and O–H groups in total. The number of amides is 1. The molecule has 0 saturated carbocycles. The number of carbonyl (C=O) groups excluding carboxylic acids is 1. The molecule has 0 aliphatic heterocycles. The Morgan fingerprint density at radius 1 is 1.09 bits per heavy atom. The van der Waals surface area contributed by atoms with Gasteiger partial charge < -0.3 is 19.2 Å². The van der Waals surface area contributed by atoms with Gasteiger partial charge in [0.05, 0.1) is 13.4 Å². The van der Waals surface area contributed by atoms with Crippen molar-refractivity contribution in [2.75, 3.05) is 25.6 Å². The van der Waals surface area contributed by atoms with Gasteiger partial charge in [-0.1, -0.05) is 24.3 Å². The van der Waals surface area contributed by atoms with Crippen molar-refractivity contribution < 1.29 is 18.7 Å². The summed E-state index contributed by atoms with van der Waals surface area (Å²) in [5.41, 5.74) is 0.629. The molecular weight excluding hydrogens is 404 g/mol. The first kappa shape index (κ1) is 23.4. The smallest absolute Gasteiger partial charge is 0.248 e. The second-order valence-electron chi connectivity index (χ2n) is 8.15. The summed E-state index contributed by atoms with van der Waals surface area (Å²) in [5.74, 6) is 1.61. The van der Waals surface area contributed by atoms with E-state index in [2.05, 4.69) is 37.9 Å². The molecule has 1 aromatic heterocycles. The van der Waals surface area contributed by atoms with Crippen LogP contribution < -0.4 is 14.8 Å². The maximum atomic E-state index is 12.4. The second-order valence-corrected chi connectivity index (χ2v) is 8.15. The Bertz CT molecular complexity index is 1060. The van der Waals surface area contributed by atoms with E-state index < -0.39 is 0 Å². The molecule has 0 saturated heterocycles. The average Bonchev–Trinajstić information content (AvgIpc) is 3.18. The summed E-state index contributed by atoms with van der Waals surface area (Å²) >= 11 is 0. The van der Waals surface area contributed by atoms with Crippen LogP contribution in [0, 0.1) is 0 Å². The van der Waals surface area contributed by atoms with E-state index in [1.54, 1.807) is 37.6 Å². The lowest BCUT2D eigenvalue weighted by atomic mass is 10.2. The van der Waals surface area contributed by atoms with Crippen LogP contribution >= 0.6 is 0 Å². The van der Waals surface area contributed by atoms with E-state index in [4.69, 9.17) is 13.9 Å². The molecule has 32 heavy (non-hydrogen) atoms. The Morgan fingerprint density at radius 2 is 1.84 bits per heavy atom. The number of ether oxygens (including phenoxy) is 2. The van der Waals surface area contributed by atoms with Crippen LogP contribution in [0.4, 0.5) is 5.69 Å². The van der Waals surface area contributed by atoms with Gasteiger partial charge >= 0.3 is 0 Å². The molecule has 6 heteroatoms. The zero-order chi connectivity index (χ0) is 23.1. The second kappa shape index (κ2) is 10.9. The molecular formula is C26H32N2O4. The van der Waals surface area contributed by atoms with Gasteiger partial charge in [-0.3, -0.25) is 9.69 Å². The standard InChI is InChI=1S/C26H32N2O4/c1-18(2)28(19(3)4)14-15-31-25-16-21(10-11-24(25)30-5)27-26(29)13-12-23-22-9-7-6-8-20(22)17-32-23/h6-13,16-19H,14-15H2,1-5H3,(H,27,29). The molecule has 170 valence electrons. The maximum Gasteiger partial charge on any atom is 0.248 e. The molecule has 1 heterocycles. The number of benzene rings is 2. The molecule has 3 rings (SSSR count). The fourth-order valence-electron chi connectivity index (χ4n) is 3.72. The zero-order valence-electron chi connectivity index (χ0n) is 19.4. The number of methoxy groups -OCH3 is 1. The van der Waals surface area contributed by atoms with E-state index >= 15 is 0 Å². The normalized spacial score (nSPS) is 11.8. The summed E-state index contributed by atoms with van der Waals surface area (Å²) in [6.07, 6.45) is 4.81. The van der Waals surface area contributed by atoms with Crippen LogP contribution in [0.2, 0.25) is 0 Å². The van der Waals surface area contributed by atoms with Gasteiger partial charge in [0.25, 0.3) is 0 Å². The van der Waals surface area contributed by atoms with Crippen LogP contribution in [0.25, 0.3) is 16.8 Å². The van der Waals surface area contributed by atoms with Gasteiger partial charge in [0.1, 0.15) is 12.4 Å². The fraction of sp³-hybridized carbons (Fsp3) is 0.346. The number of carbonyl (C=O) groups is 1. The van der Waals surface area contributed by atoms with E-state index in [-0.39, 0.29) is 5.91 Å². The largest absolute Gasteiger partial charge is 0.493 e. The molecule has 0 radical (unpaired) electrons. The number of nitrogens with zero attached hydrogens (tertiary/aromatic N) is 1. The lowest BCUT2D eigenvalue weighted by Gasteiger charge is -2.30. The van der Waals surface area contributed by atoms with E-state index in [1.807, 2.05) is 24.3 Å². The summed E-state index contributed by atoms with van der Waals surface area (Å²) in [7, 11) is 1.60. The number of hydrogen-bond donors (Lipinski definition) is 1. The van der Waals surface area contributed by atoms with Gasteiger partial charge in [-0.15, -0.1) is 0 Å². The summed E-state index contributed by atoms with van der Waals surface area (Å²) in [6.45, 7) is 10.0. The first-order valence-electron chi connectivity index (χ1n) is 10.9. The van der Waals surface area contributed by atoms with Crippen molar-refractivity contribution in [1.29, 1.82) is 0 Å². The first-order chi connectivity index (χ1) is 15.4. The van der Waals surface area contributed by atoms with E-state index in [0.717, 1.165) is 17.3 Å². The molecule has 0 aliphatic rings. The van der Waals surface area contributed by atoms with Crippen LogP contribution in [-0.4, -0.2) is 43.2 Å². The minimum atomic E-state index is -0.257. The SMILES string of the molecule is COc1ccc(NC(=O)C=Cc2occ3ccccc23)cc1OCCN(C(C)C)C(C)C. The van der Waals surface area contributed by atoms with Crippen molar-refractivity contribution in [2.24, 2.45) is 0 Å². The highest BCUT2D eigenvalue weighted by Crippen LogP contribution is 2.30. The molecule has 0 aliphatic carbocycles. The summed E-state index contributed by atoms with van der Waals surface area (Å²) in [6, 6.07) is 14.0. The predicted molar refractivity (Wildman–Crippen MR) is 129 cm³/mol. The maximum absolute atomic E-state index is 12.4. The van der Waals surface area contributed by atoms with Crippen molar-refractivity contribution in [1.82, 2.24) is 4.90 Å². The monoisotopic (exact) mass is 436 g/mol. The van der Waals surface area contributed by atoms with Gasteiger partial charge in [0, 0.05) is 47.2 Å². The minimum Gasteiger partial charge on any atom is -0.493 e. The predicted octanol–water partition coefficient (Wildman–Crippen LogP) is 5.59. The Kier molecular flexibility index (Phi) is 7.95. The minimum absolute atomic E-state index is 0.257. The molecule has 0 bridgehead atoms. The highest BCUT2D eigenvalue weighted by molar-refractivity contribution is 6.03.